The SMILES string of the molecule is Cc1cc(C(=O)O)c(O)c(C)[nH+]1. The second kappa shape index (κ2) is 2.81. The summed E-state index contributed by atoms with van der Waals surface area (Å²) < 4.78 is 0. The van der Waals surface area contributed by atoms with Crippen LogP contribution in [-0.4, -0.2) is 16.2 Å². The summed E-state index contributed by atoms with van der Waals surface area (Å²) in [7, 11) is 0. The Labute approximate surface area is 69.5 Å². The van der Waals surface area contributed by atoms with Crippen molar-refractivity contribution in [3.05, 3.63) is 23.0 Å². The minimum Gasteiger partial charge on any atom is -0.502 e. The van der Waals surface area contributed by atoms with E-state index in [9.17, 15) is 9.90 Å². The van der Waals surface area contributed by atoms with Crippen molar-refractivity contribution < 1.29 is 20.0 Å². The van der Waals surface area contributed by atoms with E-state index in [4.69, 9.17) is 5.11 Å². The Morgan fingerprint density at radius 2 is 2.08 bits per heavy atom. The predicted molar refractivity (Wildman–Crippen MR) is 41.1 cm³/mol. The Bertz CT molecular complexity index is 333. The number of H-pyrrole nitrogens is 1. The molecule has 0 spiro atoms. The van der Waals surface area contributed by atoms with E-state index in [2.05, 4.69) is 4.98 Å². The highest BCUT2D eigenvalue weighted by molar-refractivity contribution is 5.90. The van der Waals surface area contributed by atoms with Crippen molar-refractivity contribution in [2.45, 2.75) is 13.8 Å². The van der Waals surface area contributed by atoms with Gasteiger partial charge in [-0.2, -0.15) is 0 Å². The Kier molecular flexibility index (Phi) is 1.99. The third-order valence-corrected chi connectivity index (χ3v) is 1.59. The van der Waals surface area contributed by atoms with Crippen molar-refractivity contribution in [2.75, 3.05) is 0 Å². The fraction of sp³-hybridized carbons (Fsp3) is 0.250. The van der Waals surface area contributed by atoms with Crippen molar-refractivity contribution in [1.29, 1.82) is 0 Å². The fourth-order valence-electron chi connectivity index (χ4n) is 1.04. The number of carboxylic acid groups (broad SMARTS) is 1. The number of pyridine rings is 1. The molecule has 12 heavy (non-hydrogen) atoms. The summed E-state index contributed by atoms with van der Waals surface area (Å²) in [6.07, 6.45) is 0. The maximum Gasteiger partial charge on any atom is 0.339 e. The van der Waals surface area contributed by atoms with Gasteiger partial charge in [0, 0.05) is 19.9 Å². The average Bonchev–Trinajstić information content (AvgIpc) is 1.96. The van der Waals surface area contributed by atoms with Gasteiger partial charge in [0.15, 0.2) is 11.4 Å². The van der Waals surface area contributed by atoms with E-state index in [1.54, 1.807) is 13.8 Å². The van der Waals surface area contributed by atoms with Gasteiger partial charge >= 0.3 is 5.97 Å². The maximum atomic E-state index is 10.6. The summed E-state index contributed by atoms with van der Waals surface area (Å²) in [6.45, 7) is 3.35. The van der Waals surface area contributed by atoms with Gasteiger partial charge in [0.2, 0.25) is 5.69 Å². The Hall–Kier alpha value is -1.58. The molecule has 0 saturated carbocycles. The molecule has 4 heteroatoms. The van der Waals surface area contributed by atoms with Crippen molar-refractivity contribution in [2.24, 2.45) is 0 Å². The number of nitrogens with one attached hydrogen (secondary N) is 1. The number of aromatic hydroxyl groups is 1. The molecule has 1 rings (SSSR count). The molecule has 0 atom stereocenters. The number of rotatable bonds is 1. The molecule has 0 saturated heterocycles. The zero-order chi connectivity index (χ0) is 9.30. The molecule has 3 N–H and O–H groups in total. The average molecular weight is 168 g/mol. The van der Waals surface area contributed by atoms with Gasteiger partial charge < -0.3 is 10.2 Å². The molecule has 4 nitrogen and oxygen atoms in total. The van der Waals surface area contributed by atoms with Gasteiger partial charge in [-0.05, 0) is 0 Å². The largest absolute Gasteiger partial charge is 0.502 e. The van der Waals surface area contributed by atoms with Crippen LogP contribution in [0, 0.1) is 13.8 Å². The molecule has 0 aromatic carbocycles. The molecule has 0 aliphatic heterocycles. The number of carbonyl (C=O) groups is 1. The van der Waals surface area contributed by atoms with Gasteiger partial charge in [-0.25, -0.2) is 9.78 Å². The van der Waals surface area contributed by atoms with Crippen LogP contribution in [0.3, 0.4) is 0 Å². The number of aromatic amines is 1. The second-order valence-electron chi connectivity index (χ2n) is 2.64. The van der Waals surface area contributed by atoms with Crippen molar-refractivity contribution in [3.8, 4) is 5.75 Å². The molecule has 1 aromatic rings. The highest BCUT2D eigenvalue weighted by Gasteiger charge is 2.16. The molecular weight excluding hydrogens is 158 g/mol. The van der Waals surface area contributed by atoms with E-state index in [0.29, 0.717) is 11.4 Å². The maximum absolute atomic E-state index is 10.6. The molecule has 0 aliphatic carbocycles. The first-order chi connectivity index (χ1) is 5.52. The first-order valence-corrected chi connectivity index (χ1v) is 3.48. The predicted octanol–water partition coefficient (Wildman–Crippen LogP) is 0.521. The van der Waals surface area contributed by atoms with Crippen LogP contribution < -0.4 is 4.98 Å². The summed E-state index contributed by atoms with van der Waals surface area (Å²) in [5, 5.41) is 17.9. The van der Waals surface area contributed by atoms with Crippen LogP contribution in [0.4, 0.5) is 0 Å². The smallest absolute Gasteiger partial charge is 0.339 e. The molecule has 0 fully saturated rings. The van der Waals surface area contributed by atoms with Gasteiger partial charge in [0.25, 0.3) is 0 Å². The van der Waals surface area contributed by atoms with Gasteiger partial charge in [-0.1, -0.05) is 0 Å². The minimum absolute atomic E-state index is 0.0660. The molecule has 1 heterocycles. The van der Waals surface area contributed by atoms with Crippen LogP contribution in [-0.2, 0) is 0 Å². The summed E-state index contributed by atoms with van der Waals surface area (Å²) in [6, 6.07) is 1.39. The first-order valence-electron chi connectivity index (χ1n) is 3.48. The minimum atomic E-state index is -1.12. The number of aromatic nitrogens is 1. The molecule has 0 unspecified atom stereocenters. The standard InChI is InChI=1S/C8H9NO3/c1-4-3-6(8(11)12)7(10)5(2)9-4/h3,10H,1-2H3,(H,11,12)/p+1. The highest BCUT2D eigenvalue weighted by atomic mass is 16.4. The van der Waals surface area contributed by atoms with E-state index in [0.717, 1.165) is 0 Å². The van der Waals surface area contributed by atoms with E-state index < -0.39 is 5.97 Å². The zero-order valence-corrected chi connectivity index (χ0v) is 6.88. The summed E-state index contributed by atoms with van der Waals surface area (Å²) >= 11 is 0. The van der Waals surface area contributed by atoms with Gasteiger partial charge in [0.05, 0.1) is 0 Å². The van der Waals surface area contributed by atoms with Crippen molar-refractivity contribution in [1.82, 2.24) is 0 Å². The molecule has 0 aliphatic rings. The van der Waals surface area contributed by atoms with Crippen LogP contribution in [0.25, 0.3) is 0 Å². The van der Waals surface area contributed by atoms with Crippen LogP contribution >= 0.6 is 0 Å². The van der Waals surface area contributed by atoms with E-state index in [1.807, 2.05) is 0 Å². The van der Waals surface area contributed by atoms with E-state index in [1.165, 1.54) is 6.07 Å². The normalized spacial score (nSPS) is 9.83. The second-order valence-corrected chi connectivity index (χ2v) is 2.64. The quantitative estimate of drug-likeness (QED) is 0.642. The fourth-order valence-corrected chi connectivity index (χ4v) is 1.04. The summed E-state index contributed by atoms with van der Waals surface area (Å²) in [4.78, 5) is 13.4. The topological polar surface area (TPSA) is 71.7 Å². The lowest BCUT2D eigenvalue weighted by molar-refractivity contribution is -0.398. The Morgan fingerprint density at radius 3 is 2.58 bits per heavy atom. The third-order valence-electron chi connectivity index (χ3n) is 1.59. The summed E-state index contributed by atoms with van der Waals surface area (Å²) in [5.74, 6) is -1.32. The number of hydrogen-bond acceptors (Lipinski definition) is 2. The first kappa shape index (κ1) is 8.52. The molecule has 1 aromatic heterocycles. The zero-order valence-electron chi connectivity index (χ0n) is 6.88. The monoisotopic (exact) mass is 168 g/mol. The lowest BCUT2D eigenvalue weighted by Gasteiger charge is -1.98. The number of carboxylic acids is 1. The number of aromatic carboxylic acids is 1. The highest BCUT2D eigenvalue weighted by Crippen LogP contribution is 2.18. The lowest BCUT2D eigenvalue weighted by atomic mass is 10.2. The molecule has 64 valence electrons. The van der Waals surface area contributed by atoms with Gasteiger partial charge in [-0.3, -0.25) is 0 Å². The van der Waals surface area contributed by atoms with Gasteiger partial charge in [-0.15, -0.1) is 0 Å². The molecule has 0 radical (unpaired) electrons. The third kappa shape index (κ3) is 1.37. The molecule has 0 bridgehead atoms. The molecule has 0 amide bonds. The Balaban J connectivity index is 3.37. The molecular formula is C8H10NO3+. The van der Waals surface area contributed by atoms with Gasteiger partial charge in [0.1, 0.15) is 5.56 Å². The van der Waals surface area contributed by atoms with E-state index in [-0.39, 0.29) is 11.3 Å². The Morgan fingerprint density at radius 1 is 1.50 bits per heavy atom. The van der Waals surface area contributed by atoms with Crippen LogP contribution in [0.5, 0.6) is 5.75 Å². The number of aryl methyl sites for hydroxylation is 2. The lowest BCUT2D eigenvalue weighted by Crippen LogP contribution is -2.14. The van der Waals surface area contributed by atoms with E-state index >= 15 is 0 Å². The summed E-state index contributed by atoms with van der Waals surface area (Å²) in [5.41, 5.74) is 1.11. The van der Waals surface area contributed by atoms with Crippen LogP contribution in [0.1, 0.15) is 21.7 Å². The van der Waals surface area contributed by atoms with Crippen LogP contribution in [0.15, 0.2) is 6.07 Å². The van der Waals surface area contributed by atoms with Crippen molar-refractivity contribution >= 4 is 5.97 Å². The number of hydrogen-bond donors (Lipinski definition) is 2. The van der Waals surface area contributed by atoms with Crippen molar-refractivity contribution in [3.63, 3.8) is 0 Å². The van der Waals surface area contributed by atoms with Crippen LogP contribution in [0.2, 0.25) is 0 Å².